The highest BCUT2D eigenvalue weighted by atomic mass is 19.4. The number of hydrogen-bond donors (Lipinski definition) is 2. The molecular formula is C19H21F3N4O5. The number of alkyl halides is 3. The zero-order chi connectivity index (χ0) is 22.4. The minimum atomic E-state index is -5.08. The Bertz CT molecular complexity index is 863. The number of likely N-dealkylation sites (tertiary alicyclic amines) is 1. The first-order valence-corrected chi connectivity index (χ1v) is 9.51. The molecule has 0 saturated carbocycles. The van der Waals surface area contributed by atoms with Crippen LogP contribution in [0, 0.1) is 0 Å². The smallest absolute Gasteiger partial charge is 0.475 e. The van der Waals surface area contributed by atoms with Gasteiger partial charge in [0.25, 0.3) is 5.91 Å². The molecule has 0 bridgehead atoms. The van der Waals surface area contributed by atoms with E-state index in [9.17, 15) is 18.0 Å². The van der Waals surface area contributed by atoms with Crippen molar-refractivity contribution in [1.29, 1.82) is 0 Å². The second-order valence-corrected chi connectivity index (χ2v) is 7.08. The number of halogens is 3. The minimum absolute atomic E-state index is 0.114. The number of aromatic nitrogens is 2. The minimum Gasteiger partial charge on any atom is -0.475 e. The van der Waals surface area contributed by atoms with Crippen molar-refractivity contribution in [3.63, 3.8) is 0 Å². The van der Waals surface area contributed by atoms with Gasteiger partial charge in [0.05, 0.1) is 24.8 Å². The predicted molar refractivity (Wildman–Crippen MR) is 99.8 cm³/mol. The van der Waals surface area contributed by atoms with Gasteiger partial charge in [0.15, 0.2) is 5.82 Å². The Kier molecular flexibility index (Phi) is 7.23. The van der Waals surface area contributed by atoms with Crippen LogP contribution in [0.2, 0.25) is 0 Å². The normalized spacial score (nSPS) is 23.4. The molecule has 168 valence electrons. The molecular weight excluding hydrogens is 421 g/mol. The quantitative estimate of drug-likeness (QED) is 0.742. The summed E-state index contributed by atoms with van der Waals surface area (Å²) in [6, 6.07) is 2.37. The van der Waals surface area contributed by atoms with Crippen LogP contribution < -0.4 is 5.32 Å². The van der Waals surface area contributed by atoms with Gasteiger partial charge in [0, 0.05) is 37.1 Å². The van der Waals surface area contributed by atoms with E-state index in [2.05, 4.69) is 20.2 Å². The fraction of sp³-hybridized carbons (Fsp3) is 0.474. The first-order chi connectivity index (χ1) is 14.7. The molecule has 0 aromatic carbocycles. The number of carbonyl (C=O) groups is 2. The summed E-state index contributed by atoms with van der Waals surface area (Å²) in [5.41, 5.74) is 1.18. The average Bonchev–Trinajstić information content (AvgIpc) is 3.39. The summed E-state index contributed by atoms with van der Waals surface area (Å²) in [6.07, 6.45) is 5.40. The van der Waals surface area contributed by atoms with Crippen molar-refractivity contribution in [2.45, 2.75) is 50.2 Å². The van der Waals surface area contributed by atoms with E-state index in [0.717, 1.165) is 32.4 Å². The monoisotopic (exact) mass is 442 g/mol. The number of aliphatic carboxylic acids is 1. The largest absolute Gasteiger partial charge is 0.490 e. The van der Waals surface area contributed by atoms with Gasteiger partial charge in [-0.05, 0) is 25.3 Å². The standard InChI is InChI=1S/C17H20N4O3.C2HF3O2/c22-17(20-16-9-18-5-6-19-16)15-2-1-13-14(24-15)3-7-21(13)10-12-4-8-23-11-12;3-2(4,5)1(6)7/h4-6,8-9,11,13-15H,1-3,7,10H2,(H,19,20,22);(H,6,7)/t13-,14-,15-;/m1./s1. The number of hydrogen-bond acceptors (Lipinski definition) is 7. The summed E-state index contributed by atoms with van der Waals surface area (Å²) in [7, 11) is 0. The number of carboxylic acids is 1. The van der Waals surface area contributed by atoms with Gasteiger partial charge in [-0.2, -0.15) is 13.2 Å². The molecule has 2 saturated heterocycles. The Balaban J connectivity index is 0.000000339. The van der Waals surface area contributed by atoms with E-state index in [0.29, 0.717) is 11.9 Å². The van der Waals surface area contributed by atoms with Crippen LogP contribution in [0.25, 0.3) is 0 Å². The third-order valence-corrected chi connectivity index (χ3v) is 4.98. The summed E-state index contributed by atoms with van der Waals surface area (Å²) < 4.78 is 42.9. The Hall–Kier alpha value is -2.99. The molecule has 2 fully saturated rings. The van der Waals surface area contributed by atoms with Crippen LogP contribution >= 0.6 is 0 Å². The number of nitrogens with zero attached hydrogens (tertiary/aromatic N) is 3. The van der Waals surface area contributed by atoms with Crippen molar-refractivity contribution in [2.24, 2.45) is 0 Å². The van der Waals surface area contributed by atoms with E-state index in [1.54, 1.807) is 24.9 Å². The summed E-state index contributed by atoms with van der Waals surface area (Å²) >= 11 is 0. The molecule has 12 heteroatoms. The number of fused-ring (bicyclic) bond motifs is 1. The van der Waals surface area contributed by atoms with Gasteiger partial charge in [-0.1, -0.05) is 0 Å². The number of nitrogens with one attached hydrogen (secondary N) is 1. The Labute approximate surface area is 175 Å². The summed E-state index contributed by atoms with van der Waals surface area (Å²) in [5, 5.41) is 9.90. The molecule has 2 aliphatic rings. The SMILES string of the molecule is O=C(Nc1cnccn1)[C@H]1CC[C@@H]2[C@@H](CCN2Cc2ccoc2)O1.O=C(O)C(F)(F)F. The van der Waals surface area contributed by atoms with Gasteiger partial charge in [-0.25, -0.2) is 9.78 Å². The molecule has 4 heterocycles. The van der Waals surface area contributed by atoms with E-state index in [1.807, 2.05) is 6.07 Å². The molecule has 0 unspecified atom stereocenters. The van der Waals surface area contributed by atoms with E-state index >= 15 is 0 Å². The van der Waals surface area contributed by atoms with Crippen LogP contribution in [0.15, 0.2) is 41.6 Å². The van der Waals surface area contributed by atoms with E-state index in [1.165, 1.54) is 11.8 Å². The van der Waals surface area contributed by atoms with Crippen LogP contribution in [-0.4, -0.2) is 62.8 Å². The number of furan rings is 1. The highest BCUT2D eigenvalue weighted by Crippen LogP contribution is 2.32. The molecule has 9 nitrogen and oxygen atoms in total. The molecule has 31 heavy (non-hydrogen) atoms. The van der Waals surface area contributed by atoms with Crippen LogP contribution in [0.4, 0.5) is 19.0 Å². The van der Waals surface area contributed by atoms with Crippen molar-refractivity contribution in [3.8, 4) is 0 Å². The molecule has 2 aromatic rings. The highest BCUT2D eigenvalue weighted by Gasteiger charge is 2.41. The maximum atomic E-state index is 12.4. The van der Waals surface area contributed by atoms with Crippen LogP contribution in [-0.2, 0) is 20.9 Å². The first kappa shape index (κ1) is 22.7. The summed E-state index contributed by atoms with van der Waals surface area (Å²) in [6.45, 7) is 1.86. The first-order valence-electron chi connectivity index (χ1n) is 9.51. The van der Waals surface area contributed by atoms with Crippen LogP contribution in [0.5, 0.6) is 0 Å². The lowest BCUT2D eigenvalue weighted by Crippen LogP contribution is -2.46. The Morgan fingerprint density at radius 2 is 2.03 bits per heavy atom. The van der Waals surface area contributed by atoms with E-state index < -0.39 is 18.2 Å². The zero-order valence-corrected chi connectivity index (χ0v) is 16.3. The average molecular weight is 442 g/mol. The summed E-state index contributed by atoms with van der Waals surface area (Å²) in [4.78, 5) is 31.7. The lowest BCUT2D eigenvalue weighted by molar-refractivity contribution is -0.192. The Morgan fingerprint density at radius 1 is 1.26 bits per heavy atom. The second kappa shape index (κ2) is 9.88. The third-order valence-electron chi connectivity index (χ3n) is 4.98. The van der Waals surface area contributed by atoms with E-state index in [-0.39, 0.29) is 12.0 Å². The Morgan fingerprint density at radius 3 is 2.65 bits per heavy atom. The maximum Gasteiger partial charge on any atom is 0.490 e. The van der Waals surface area contributed by atoms with Crippen LogP contribution in [0.3, 0.4) is 0 Å². The lowest BCUT2D eigenvalue weighted by Gasteiger charge is -2.35. The van der Waals surface area contributed by atoms with Crippen molar-refractivity contribution in [3.05, 3.63) is 42.7 Å². The van der Waals surface area contributed by atoms with Crippen molar-refractivity contribution in [1.82, 2.24) is 14.9 Å². The van der Waals surface area contributed by atoms with Crippen molar-refractivity contribution < 1.29 is 37.0 Å². The van der Waals surface area contributed by atoms with Gasteiger partial charge < -0.3 is 19.6 Å². The number of carbonyl (C=O) groups excluding carboxylic acids is 1. The number of carboxylic acid groups (broad SMARTS) is 1. The number of rotatable bonds is 4. The predicted octanol–water partition coefficient (Wildman–Crippen LogP) is 2.46. The fourth-order valence-corrected chi connectivity index (χ4v) is 3.59. The molecule has 3 atom stereocenters. The molecule has 0 spiro atoms. The summed E-state index contributed by atoms with van der Waals surface area (Å²) in [5.74, 6) is -2.43. The molecule has 2 aromatic heterocycles. The molecule has 2 N–H and O–H groups in total. The van der Waals surface area contributed by atoms with Crippen molar-refractivity contribution in [2.75, 3.05) is 11.9 Å². The van der Waals surface area contributed by atoms with Crippen molar-refractivity contribution >= 4 is 17.7 Å². The van der Waals surface area contributed by atoms with Gasteiger partial charge in [0.2, 0.25) is 0 Å². The van der Waals surface area contributed by atoms with Gasteiger partial charge in [-0.15, -0.1) is 0 Å². The molecule has 0 aliphatic carbocycles. The van der Waals surface area contributed by atoms with Gasteiger partial charge in [0.1, 0.15) is 6.10 Å². The van der Waals surface area contributed by atoms with Gasteiger partial charge in [-0.3, -0.25) is 14.7 Å². The number of anilines is 1. The number of ether oxygens (including phenoxy) is 1. The third kappa shape index (κ3) is 6.25. The van der Waals surface area contributed by atoms with Gasteiger partial charge >= 0.3 is 12.1 Å². The second-order valence-electron chi connectivity index (χ2n) is 7.08. The molecule has 2 aliphatic heterocycles. The molecule has 4 rings (SSSR count). The van der Waals surface area contributed by atoms with Crippen LogP contribution in [0.1, 0.15) is 24.8 Å². The highest BCUT2D eigenvalue weighted by molar-refractivity contribution is 5.93. The molecule has 0 radical (unpaired) electrons. The maximum absolute atomic E-state index is 12.4. The zero-order valence-electron chi connectivity index (χ0n) is 16.3. The lowest BCUT2D eigenvalue weighted by atomic mass is 9.98. The number of amides is 1. The topological polar surface area (TPSA) is 118 Å². The fourth-order valence-electron chi connectivity index (χ4n) is 3.59. The van der Waals surface area contributed by atoms with E-state index in [4.69, 9.17) is 19.1 Å². The molecule has 1 amide bonds.